The molecular formula is C16H16N2O. The highest BCUT2D eigenvalue weighted by Gasteiger charge is 2.12. The lowest BCUT2D eigenvalue weighted by molar-refractivity contribution is 0.220. The lowest BCUT2D eigenvalue weighted by Crippen LogP contribution is -1.98. The van der Waals surface area contributed by atoms with Gasteiger partial charge in [-0.15, -0.1) is 0 Å². The van der Waals surface area contributed by atoms with Crippen molar-refractivity contribution in [2.75, 3.05) is 0 Å². The van der Waals surface area contributed by atoms with Gasteiger partial charge in [-0.2, -0.15) is 5.10 Å². The summed E-state index contributed by atoms with van der Waals surface area (Å²) >= 11 is 0. The first-order valence-corrected chi connectivity index (χ1v) is 6.47. The predicted octanol–water partition coefficient (Wildman–Crippen LogP) is 3.14. The summed E-state index contributed by atoms with van der Waals surface area (Å²) < 4.78 is 1.82. The second kappa shape index (κ2) is 4.86. The van der Waals surface area contributed by atoms with Gasteiger partial charge in [0.05, 0.1) is 6.20 Å². The molecule has 1 atom stereocenters. The van der Waals surface area contributed by atoms with Crippen LogP contribution in [0.3, 0.4) is 0 Å². The van der Waals surface area contributed by atoms with Gasteiger partial charge in [0.15, 0.2) is 0 Å². The average molecular weight is 252 g/mol. The summed E-state index contributed by atoms with van der Waals surface area (Å²) in [5.74, 6) is 0. The van der Waals surface area contributed by atoms with Gasteiger partial charge in [-0.25, -0.2) is 0 Å². The highest BCUT2D eigenvalue weighted by Crippen LogP contribution is 2.25. The van der Waals surface area contributed by atoms with E-state index in [4.69, 9.17) is 0 Å². The van der Waals surface area contributed by atoms with Crippen LogP contribution >= 0.6 is 0 Å². The molecule has 0 aliphatic carbocycles. The molecule has 3 aromatic rings. The fourth-order valence-corrected chi connectivity index (χ4v) is 2.26. The second-order valence-electron chi connectivity index (χ2n) is 4.64. The van der Waals surface area contributed by atoms with E-state index in [1.807, 2.05) is 48.1 Å². The maximum atomic E-state index is 10.4. The fourth-order valence-electron chi connectivity index (χ4n) is 2.26. The molecule has 96 valence electrons. The Kier molecular flexibility index (Phi) is 3.05. The SMILES string of the molecule is CCn1cc(C(O)c2ccc3ccccc3c2)cn1. The first-order chi connectivity index (χ1) is 9.28. The summed E-state index contributed by atoms with van der Waals surface area (Å²) in [6, 6.07) is 14.2. The normalized spacial score (nSPS) is 12.7. The highest BCUT2D eigenvalue weighted by molar-refractivity contribution is 5.83. The molecule has 1 heterocycles. The first-order valence-electron chi connectivity index (χ1n) is 6.47. The molecule has 0 aliphatic rings. The molecule has 3 nitrogen and oxygen atoms in total. The summed E-state index contributed by atoms with van der Waals surface area (Å²) in [5.41, 5.74) is 1.73. The zero-order chi connectivity index (χ0) is 13.2. The third-order valence-electron chi connectivity index (χ3n) is 3.38. The van der Waals surface area contributed by atoms with E-state index in [0.717, 1.165) is 23.1 Å². The molecule has 19 heavy (non-hydrogen) atoms. The van der Waals surface area contributed by atoms with Crippen molar-refractivity contribution in [3.05, 3.63) is 66.0 Å². The topological polar surface area (TPSA) is 38.0 Å². The van der Waals surface area contributed by atoms with Crippen molar-refractivity contribution in [3.8, 4) is 0 Å². The monoisotopic (exact) mass is 252 g/mol. The predicted molar refractivity (Wildman–Crippen MR) is 75.9 cm³/mol. The van der Waals surface area contributed by atoms with Crippen LogP contribution in [0, 0.1) is 0 Å². The van der Waals surface area contributed by atoms with E-state index in [1.165, 1.54) is 5.39 Å². The fraction of sp³-hybridized carbons (Fsp3) is 0.188. The number of rotatable bonds is 3. The molecule has 3 rings (SSSR count). The summed E-state index contributed by atoms with van der Waals surface area (Å²) in [7, 11) is 0. The lowest BCUT2D eigenvalue weighted by Gasteiger charge is -2.10. The van der Waals surface area contributed by atoms with Crippen LogP contribution < -0.4 is 0 Å². The Morgan fingerprint density at radius 2 is 1.89 bits per heavy atom. The molecule has 1 unspecified atom stereocenters. The Morgan fingerprint density at radius 3 is 2.63 bits per heavy atom. The molecule has 1 N–H and O–H groups in total. The zero-order valence-corrected chi connectivity index (χ0v) is 10.8. The molecule has 1 aromatic heterocycles. The van der Waals surface area contributed by atoms with Crippen molar-refractivity contribution in [2.24, 2.45) is 0 Å². The van der Waals surface area contributed by atoms with Gasteiger partial charge in [0.2, 0.25) is 0 Å². The van der Waals surface area contributed by atoms with Gasteiger partial charge in [-0.3, -0.25) is 4.68 Å². The van der Waals surface area contributed by atoms with Crippen LogP contribution in [-0.4, -0.2) is 14.9 Å². The van der Waals surface area contributed by atoms with E-state index in [1.54, 1.807) is 6.20 Å². The van der Waals surface area contributed by atoms with Crippen LogP contribution in [-0.2, 0) is 6.54 Å². The number of nitrogens with zero attached hydrogens (tertiary/aromatic N) is 2. The molecule has 0 aliphatic heterocycles. The Bertz CT molecular complexity index is 703. The Balaban J connectivity index is 1.98. The minimum Gasteiger partial charge on any atom is -0.384 e. The number of aryl methyl sites for hydroxylation is 1. The van der Waals surface area contributed by atoms with Crippen LogP contribution in [0.15, 0.2) is 54.9 Å². The van der Waals surface area contributed by atoms with Crippen LogP contribution in [0.25, 0.3) is 10.8 Å². The zero-order valence-electron chi connectivity index (χ0n) is 10.8. The highest BCUT2D eigenvalue weighted by atomic mass is 16.3. The van der Waals surface area contributed by atoms with Gasteiger partial charge in [0, 0.05) is 18.3 Å². The smallest absolute Gasteiger partial charge is 0.107 e. The maximum Gasteiger partial charge on any atom is 0.107 e. The van der Waals surface area contributed by atoms with Crippen molar-refractivity contribution < 1.29 is 5.11 Å². The van der Waals surface area contributed by atoms with Crippen LogP contribution in [0.4, 0.5) is 0 Å². The molecule has 0 spiro atoms. The summed E-state index contributed by atoms with van der Waals surface area (Å²) in [5, 5.41) is 16.9. The number of aliphatic hydroxyl groups is 1. The van der Waals surface area contributed by atoms with Gasteiger partial charge < -0.3 is 5.11 Å². The molecule has 0 radical (unpaired) electrons. The van der Waals surface area contributed by atoms with Gasteiger partial charge in [0.25, 0.3) is 0 Å². The number of hydrogen-bond acceptors (Lipinski definition) is 2. The second-order valence-corrected chi connectivity index (χ2v) is 4.64. The Hall–Kier alpha value is -2.13. The van der Waals surface area contributed by atoms with Gasteiger partial charge in [0.1, 0.15) is 6.10 Å². The van der Waals surface area contributed by atoms with E-state index < -0.39 is 6.10 Å². The molecule has 0 bridgehead atoms. The quantitative estimate of drug-likeness (QED) is 0.777. The molecule has 2 aromatic carbocycles. The maximum absolute atomic E-state index is 10.4. The molecule has 0 saturated carbocycles. The number of aliphatic hydroxyl groups excluding tert-OH is 1. The van der Waals surface area contributed by atoms with Crippen molar-refractivity contribution in [2.45, 2.75) is 19.6 Å². The van der Waals surface area contributed by atoms with Gasteiger partial charge in [-0.05, 0) is 29.3 Å². The third kappa shape index (κ3) is 2.25. The standard InChI is InChI=1S/C16H16N2O/c1-2-18-11-15(10-17-18)16(19)14-8-7-12-5-3-4-6-13(12)9-14/h3-11,16,19H,2H2,1H3. The van der Waals surface area contributed by atoms with Crippen molar-refractivity contribution in [3.63, 3.8) is 0 Å². The Morgan fingerprint density at radius 1 is 1.11 bits per heavy atom. The third-order valence-corrected chi connectivity index (χ3v) is 3.38. The number of aromatic nitrogens is 2. The van der Waals surface area contributed by atoms with Gasteiger partial charge >= 0.3 is 0 Å². The van der Waals surface area contributed by atoms with Gasteiger partial charge in [-0.1, -0.05) is 36.4 Å². The van der Waals surface area contributed by atoms with Crippen LogP contribution in [0.1, 0.15) is 24.2 Å². The van der Waals surface area contributed by atoms with E-state index >= 15 is 0 Å². The molecule has 0 fully saturated rings. The summed E-state index contributed by atoms with van der Waals surface area (Å²) in [6.07, 6.45) is 2.99. The van der Waals surface area contributed by atoms with Crippen molar-refractivity contribution in [1.82, 2.24) is 9.78 Å². The van der Waals surface area contributed by atoms with E-state index in [-0.39, 0.29) is 0 Å². The van der Waals surface area contributed by atoms with Crippen LogP contribution in [0.5, 0.6) is 0 Å². The molecular weight excluding hydrogens is 236 g/mol. The minimum absolute atomic E-state index is 0.620. The van der Waals surface area contributed by atoms with Crippen LogP contribution in [0.2, 0.25) is 0 Å². The lowest BCUT2D eigenvalue weighted by atomic mass is 10.0. The first kappa shape index (κ1) is 11.9. The molecule has 0 amide bonds. The van der Waals surface area contributed by atoms with Crippen molar-refractivity contribution in [1.29, 1.82) is 0 Å². The number of hydrogen-bond donors (Lipinski definition) is 1. The van der Waals surface area contributed by atoms with E-state index in [9.17, 15) is 5.11 Å². The minimum atomic E-state index is -0.620. The molecule has 0 saturated heterocycles. The number of fused-ring (bicyclic) bond motifs is 1. The summed E-state index contributed by atoms with van der Waals surface area (Å²) in [6.45, 7) is 2.84. The average Bonchev–Trinajstić information content (AvgIpc) is 2.95. The molecule has 3 heteroatoms. The van der Waals surface area contributed by atoms with E-state index in [0.29, 0.717) is 0 Å². The summed E-state index contributed by atoms with van der Waals surface area (Å²) in [4.78, 5) is 0. The largest absolute Gasteiger partial charge is 0.384 e. The Labute approximate surface area is 112 Å². The van der Waals surface area contributed by atoms with Crippen molar-refractivity contribution >= 4 is 10.8 Å². The number of benzene rings is 2. The van der Waals surface area contributed by atoms with E-state index in [2.05, 4.69) is 17.2 Å².